The minimum Gasteiger partial charge on any atom is -0.366 e. The number of aryl methyl sites for hydroxylation is 1. The van der Waals surface area contributed by atoms with Gasteiger partial charge in [-0.25, -0.2) is 8.42 Å². The summed E-state index contributed by atoms with van der Waals surface area (Å²) in [6.45, 7) is 1.77. The number of benzene rings is 2. The fourth-order valence-corrected chi connectivity index (χ4v) is 2.94. The van der Waals surface area contributed by atoms with Crippen LogP contribution in [0.5, 0.6) is 0 Å². The van der Waals surface area contributed by atoms with Gasteiger partial charge in [0.05, 0.1) is 27.8 Å². The lowest BCUT2D eigenvalue weighted by Gasteiger charge is -2.12. The average molecular weight is 315 g/mol. The quantitative estimate of drug-likeness (QED) is 0.895. The topological polar surface area (TPSA) is 113 Å². The second kappa shape index (κ2) is 5.87. The molecule has 0 spiro atoms. The number of nitrogens with zero attached hydrogens (tertiary/aromatic N) is 1. The Morgan fingerprint density at radius 2 is 1.82 bits per heavy atom. The standard InChI is InChI=1S/C15H13N3O3S/c1-10-2-7-13(15(17)19)14(8-10)18-22(20,21)12-5-3-11(9-16)4-6-12/h2-8,18H,1H3,(H2,17,19). The fraction of sp³-hybridized carbons (Fsp3) is 0.0667. The lowest BCUT2D eigenvalue weighted by Crippen LogP contribution is -2.18. The Labute approximate surface area is 128 Å². The fourth-order valence-electron chi connectivity index (χ4n) is 1.87. The molecular weight excluding hydrogens is 302 g/mol. The molecule has 1 amide bonds. The van der Waals surface area contributed by atoms with E-state index in [1.54, 1.807) is 13.0 Å². The van der Waals surface area contributed by atoms with E-state index >= 15 is 0 Å². The molecule has 0 atom stereocenters. The molecule has 3 N–H and O–H groups in total. The van der Waals surface area contributed by atoms with E-state index in [1.807, 2.05) is 6.07 Å². The number of nitrogens with two attached hydrogens (primary N) is 1. The van der Waals surface area contributed by atoms with Gasteiger partial charge in [0.25, 0.3) is 15.9 Å². The molecule has 2 aromatic rings. The van der Waals surface area contributed by atoms with Crippen molar-refractivity contribution in [2.45, 2.75) is 11.8 Å². The monoisotopic (exact) mass is 315 g/mol. The van der Waals surface area contributed by atoms with Gasteiger partial charge in [-0.15, -0.1) is 0 Å². The van der Waals surface area contributed by atoms with Crippen molar-refractivity contribution < 1.29 is 13.2 Å². The number of rotatable bonds is 4. The van der Waals surface area contributed by atoms with Crippen molar-refractivity contribution >= 4 is 21.6 Å². The molecule has 0 saturated carbocycles. The molecule has 0 radical (unpaired) electrons. The number of nitriles is 1. The number of hydrogen-bond acceptors (Lipinski definition) is 4. The molecule has 0 saturated heterocycles. The van der Waals surface area contributed by atoms with E-state index in [1.165, 1.54) is 36.4 Å². The predicted octanol–water partition coefficient (Wildman–Crippen LogP) is 1.77. The minimum atomic E-state index is -3.88. The number of anilines is 1. The summed E-state index contributed by atoms with van der Waals surface area (Å²) in [7, 11) is -3.88. The summed E-state index contributed by atoms with van der Waals surface area (Å²) < 4.78 is 27.0. The van der Waals surface area contributed by atoms with Gasteiger partial charge in [0, 0.05) is 0 Å². The van der Waals surface area contributed by atoms with Crippen LogP contribution in [-0.2, 0) is 10.0 Å². The molecule has 0 aliphatic heterocycles. The van der Waals surface area contributed by atoms with Gasteiger partial charge in [-0.3, -0.25) is 9.52 Å². The van der Waals surface area contributed by atoms with Crippen molar-refractivity contribution in [1.82, 2.24) is 0 Å². The second-order valence-corrected chi connectivity index (χ2v) is 6.34. The Kier molecular flexibility index (Phi) is 4.15. The molecular formula is C15H13N3O3S. The lowest BCUT2D eigenvalue weighted by atomic mass is 10.1. The van der Waals surface area contributed by atoms with Crippen LogP contribution in [0, 0.1) is 18.3 Å². The number of sulfonamides is 1. The largest absolute Gasteiger partial charge is 0.366 e. The van der Waals surface area contributed by atoms with E-state index in [0.29, 0.717) is 5.56 Å². The number of hydrogen-bond donors (Lipinski definition) is 2. The molecule has 0 bridgehead atoms. The normalized spacial score (nSPS) is 10.7. The Morgan fingerprint density at radius 3 is 2.36 bits per heavy atom. The SMILES string of the molecule is Cc1ccc(C(N)=O)c(NS(=O)(=O)c2ccc(C#N)cc2)c1. The Balaban J connectivity index is 2.42. The highest BCUT2D eigenvalue weighted by Gasteiger charge is 2.18. The summed E-state index contributed by atoms with van der Waals surface area (Å²) in [6.07, 6.45) is 0. The zero-order valence-corrected chi connectivity index (χ0v) is 12.5. The first-order chi connectivity index (χ1) is 10.3. The van der Waals surface area contributed by atoms with E-state index in [4.69, 9.17) is 11.0 Å². The number of carbonyl (C=O) groups excluding carboxylic acids is 1. The Morgan fingerprint density at radius 1 is 1.18 bits per heavy atom. The molecule has 22 heavy (non-hydrogen) atoms. The zero-order valence-electron chi connectivity index (χ0n) is 11.7. The molecule has 2 aromatic carbocycles. The number of amides is 1. The van der Waals surface area contributed by atoms with Crippen LogP contribution in [-0.4, -0.2) is 14.3 Å². The van der Waals surface area contributed by atoms with Crippen molar-refractivity contribution in [1.29, 1.82) is 5.26 Å². The maximum Gasteiger partial charge on any atom is 0.261 e. The molecule has 0 aliphatic rings. The highest BCUT2D eigenvalue weighted by atomic mass is 32.2. The average Bonchev–Trinajstić information content (AvgIpc) is 2.46. The molecule has 2 rings (SSSR count). The van der Waals surface area contributed by atoms with Crippen molar-refractivity contribution in [3.63, 3.8) is 0 Å². The van der Waals surface area contributed by atoms with Crippen LogP contribution in [0.15, 0.2) is 47.4 Å². The summed E-state index contributed by atoms with van der Waals surface area (Å²) in [5, 5.41) is 8.73. The third-order valence-corrected chi connectivity index (χ3v) is 4.36. The Bertz CT molecular complexity index is 866. The predicted molar refractivity (Wildman–Crippen MR) is 81.7 cm³/mol. The Hall–Kier alpha value is -2.85. The van der Waals surface area contributed by atoms with Crippen LogP contribution in [0.4, 0.5) is 5.69 Å². The number of carbonyl (C=O) groups is 1. The van der Waals surface area contributed by atoms with Crippen molar-refractivity contribution in [3.8, 4) is 6.07 Å². The van der Waals surface area contributed by atoms with E-state index in [0.717, 1.165) is 5.56 Å². The second-order valence-electron chi connectivity index (χ2n) is 4.65. The smallest absolute Gasteiger partial charge is 0.261 e. The highest BCUT2D eigenvalue weighted by molar-refractivity contribution is 7.92. The summed E-state index contributed by atoms with van der Waals surface area (Å²) in [4.78, 5) is 11.4. The van der Waals surface area contributed by atoms with Gasteiger partial charge in [0.1, 0.15) is 0 Å². The summed E-state index contributed by atoms with van der Waals surface area (Å²) in [5.74, 6) is -0.725. The number of nitrogens with one attached hydrogen (secondary N) is 1. The van der Waals surface area contributed by atoms with Crippen molar-refractivity contribution in [2.24, 2.45) is 5.73 Å². The first kappa shape index (κ1) is 15.5. The van der Waals surface area contributed by atoms with Crippen LogP contribution in [0.25, 0.3) is 0 Å². The van der Waals surface area contributed by atoms with Crippen LogP contribution in [0.2, 0.25) is 0 Å². The zero-order chi connectivity index (χ0) is 16.3. The molecule has 6 nitrogen and oxygen atoms in total. The molecule has 112 valence electrons. The van der Waals surface area contributed by atoms with E-state index in [9.17, 15) is 13.2 Å². The maximum absolute atomic E-state index is 12.3. The van der Waals surface area contributed by atoms with Crippen LogP contribution in [0.1, 0.15) is 21.5 Å². The molecule has 0 aromatic heterocycles. The van der Waals surface area contributed by atoms with E-state index in [-0.39, 0.29) is 16.1 Å². The third-order valence-electron chi connectivity index (χ3n) is 2.98. The summed E-state index contributed by atoms with van der Waals surface area (Å²) >= 11 is 0. The maximum atomic E-state index is 12.3. The number of primary amides is 1. The first-order valence-electron chi connectivity index (χ1n) is 6.27. The van der Waals surface area contributed by atoms with Crippen LogP contribution < -0.4 is 10.5 Å². The highest BCUT2D eigenvalue weighted by Crippen LogP contribution is 2.21. The van der Waals surface area contributed by atoms with Crippen LogP contribution >= 0.6 is 0 Å². The lowest BCUT2D eigenvalue weighted by molar-refractivity contribution is 0.100. The summed E-state index contributed by atoms with van der Waals surface area (Å²) in [5.41, 5.74) is 6.59. The van der Waals surface area contributed by atoms with Gasteiger partial charge in [-0.1, -0.05) is 6.07 Å². The molecule has 0 aliphatic carbocycles. The first-order valence-corrected chi connectivity index (χ1v) is 7.75. The van der Waals surface area contributed by atoms with Gasteiger partial charge in [0.2, 0.25) is 0 Å². The molecule has 0 unspecified atom stereocenters. The summed E-state index contributed by atoms with van der Waals surface area (Å²) in [6, 6.07) is 12.0. The van der Waals surface area contributed by atoms with Crippen molar-refractivity contribution in [2.75, 3.05) is 4.72 Å². The van der Waals surface area contributed by atoms with Gasteiger partial charge in [-0.2, -0.15) is 5.26 Å². The third kappa shape index (κ3) is 3.24. The van der Waals surface area contributed by atoms with E-state index in [2.05, 4.69) is 4.72 Å². The molecule has 0 heterocycles. The van der Waals surface area contributed by atoms with E-state index < -0.39 is 15.9 Å². The van der Waals surface area contributed by atoms with Gasteiger partial charge < -0.3 is 5.73 Å². The van der Waals surface area contributed by atoms with Gasteiger partial charge >= 0.3 is 0 Å². The van der Waals surface area contributed by atoms with Crippen molar-refractivity contribution in [3.05, 3.63) is 59.2 Å². The van der Waals surface area contributed by atoms with Gasteiger partial charge in [-0.05, 0) is 48.9 Å². The van der Waals surface area contributed by atoms with Gasteiger partial charge in [0.15, 0.2) is 0 Å². The minimum absolute atomic E-state index is 0.0107. The molecule has 0 fully saturated rings. The molecule has 7 heteroatoms. The van der Waals surface area contributed by atoms with Crippen LogP contribution in [0.3, 0.4) is 0 Å².